The summed E-state index contributed by atoms with van der Waals surface area (Å²) in [5.41, 5.74) is 6.01. The van der Waals surface area contributed by atoms with E-state index < -0.39 is 43.1 Å². The third-order valence-electron chi connectivity index (χ3n) is 6.43. The standard InChI is InChI=1S/C30H44N6O5/c1-4-6-8-9-13-18-25(37)33-28(32-22-26(38)41-30(20-15-21-30)19-14-7-5-2)35-36(3)27(31)34-29(39)40-23-24-16-11-10-12-17-24/h4-5,10-12,16-17H,1-2,6-9,13-15,18-23H2,3H3,(H2,31,34,39)(H2,32,33,35,37)/i3D3. The summed E-state index contributed by atoms with van der Waals surface area (Å²) in [7, 11) is 0. The van der Waals surface area contributed by atoms with Crippen LogP contribution in [-0.2, 0) is 25.7 Å². The normalized spacial score (nSPS) is 15.7. The van der Waals surface area contributed by atoms with Gasteiger partial charge in [0.1, 0.15) is 18.8 Å². The summed E-state index contributed by atoms with van der Waals surface area (Å²) in [6, 6.07) is 8.80. The Kier molecular flexibility index (Phi) is 12.6. The number of unbranched alkanes of at least 4 members (excludes halogenated alkanes) is 4. The van der Waals surface area contributed by atoms with Gasteiger partial charge in [-0.3, -0.25) is 14.9 Å². The van der Waals surface area contributed by atoms with E-state index in [1.807, 2.05) is 6.08 Å². The van der Waals surface area contributed by atoms with Crippen molar-refractivity contribution in [2.45, 2.75) is 82.8 Å². The van der Waals surface area contributed by atoms with Crippen LogP contribution in [0.2, 0.25) is 0 Å². The van der Waals surface area contributed by atoms with Gasteiger partial charge >= 0.3 is 12.1 Å². The molecule has 1 aliphatic carbocycles. The number of hydrazone groups is 1. The predicted octanol–water partition coefficient (Wildman–Crippen LogP) is 4.51. The minimum atomic E-state index is -3.02. The zero-order chi connectivity index (χ0) is 32.4. The molecular weight excluding hydrogens is 524 g/mol. The summed E-state index contributed by atoms with van der Waals surface area (Å²) < 4.78 is 34.5. The molecule has 0 unspecified atom stereocenters. The average molecular weight is 572 g/mol. The third-order valence-corrected chi connectivity index (χ3v) is 6.43. The van der Waals surface area contributed by atoms with Crippen LogP contribution in [0.5, 0.6) is 0 Å². The van der Waals surface area contributed by atoms with Crippen molar-refractivity contribution in [3.05, 3.63) is 61.2 Å². The first kappa shape index (κ1) is 28.4. The molecule has 0 heterocycles. The van der Waals surface area contributed by atoms with Gasteiger partial charge in [0.2, 0.25) is 17.8 Å². The quantitative estimate of drug-likeness (QED) is 0.0656. The molecule has 0 radical (unpaired) electrons. The van der Waals surface area contributed by atoms with Crippen LogP contribution in [0.15, 0.2) is 65.7 Å². The van der Waals surface area contributed by atoms with Crippen LogP contribution in [0.1, 0.15) is 80.3 Å². The first-order valence-corrected chi connectivity index (χ1v) is 13.9. The minimum Gasteiger partial charge on any atom is -0.458 e. The Morgan fingerprint density at radius 2 is 1.85 bits per heavy atom. The molecule has 2 amide bonds. The lowest BCUT2D eigenvalue weighted by atomic mass is 9.76. The van der Waals surface area contributed by atoms with Crippen molar-refractivity contribution >= 4 is 29.9 Å². The fourth-order valence-electron chi connectivity index (χ4n) is 4.07. The fraction of sp³-hybridized carbons (Fsp3) is 0.500. The number of hydrogen-bond acceptors (Lipinski definition) is 6. The second-order valence-corrected chi connectivity index (χ2v) is 9.75. The number of esters is 1. The largest absolute Gasteiger partial charge is 0.458 e. The van der Waals surface area contributed by atoms with Gasteiger partial charge in [-0.15, -0.1) is 23.3 Å². The van der Waals surface area contributed by atoms with E-state index >= 15 is 0 Å². The lowest BCUT2D eigenvalue weighted by Gasteiger charge is -2.41. The van der Waals surface area contributed by atoms with Crippen LogP contribution in [0, 0.1) is 0 Å². The van der Waals surface area contributed by atoms with Crippen molar-refractivity contribution in [2.24, 2.45) is 15.8 Å². The summed E-state index contributed by atoms with van der Waals surface area (Å²) in [6.07, 6.45) is 10.4. The number of nitrogens with zero attached hydrogens (tertiary/aromatic N) is 3. The molecule has 1 aromatic rings. The second-order valence-electron chi connectivity index (χ2n) is 9.75. The van der Waals surface area contributed by atoms with Crippen LogP contribution in [0.25, 0.3) is 0 Å². The lowest BCUT2D eigenvalue weighted by Crippen LogP contribution is -2.48. The monoisotopic (exact) mass is 571 g/mol. The number of rotatable bonds is 16. The predicted molar refractivity (Wildman–Crippen MR) is 160 cm³/mol. The average Bonchev–Trinajstić information content (AvgIpc) is 2.95. The van der Waals surface area contributed by atoms with Gasteiger partial charge in [-0.1, -0.05) is 48.9 Å². The Morgan fingerprint density at radius 1 is 1.12 bits per heavy atom. The van der Waals surface area contributed by atoms with Crippen molar-refractivity contribution in [3.63, 3.8) is 0 Å². The molecule has 0 aliphatic heterocycles. The van der Waals surface area contributed by atoms with Crippen molar-refractivity contribution in [1.82, 2.24) is 15.6 Å². The molecule has 0 atom stereocenters. The molecule has 11 heteroatoms. The molecular formula is C30H44N6O5. The Morgan fingerprint density at radius 3 is 2.51 bits per heavy atom. The molecule has 2 rings (SSSR count). The fourth-order valence-corrected chi connectivity index (χ4v) is 4.07. The van der Waals surface area contributed by atoms with Crippen LogP contribution in [0.4, 0.5) is 4.79 Å². The molecule has 0 spiro atoms. The molecule has 1 aliphatic rings. The highest BCUT2D eigenvalue weighted by molar-refractivity contribution is 5.98. The lowest BCUT2D eigenvalue weighted by molar-refractivity contribution is -0.169. The van der Waals surface area contributed by atoms with Crippen LogP contribution in [-0.4, -0.2) is 54.0 Å². The zero-order valence-corrected chi connectivity index (χ0v) is 23.6. The Balaban J connectivity index is 2.17. The molecule has 224 valence electrons. The molecule has 4 N–H and O–H groups in total. The number of aliphatic imine (C=N–C) groups is 1. The van der Waals surface area contributed by atoms with E-state index in [9.17, 15) is 14.4 Å². The number of nitrogens with one attached hydrogen (secondary N) is 2. The van der Waals surface area contributed by atoms with Crippen LogP contribution >= 0.6 is 0 Å². The molecule has 11 nitrogen and oxygen atoms in total. The number of ether oxygens (including phenoxy) is 2. The van der Waals surface area contributed by atoms with Crippen molar-refractivity contribution in [3.8, 4) is 0 Å². The van der Waals surface area contributed by atoms with Gasteiger partial charge in [0, 0.05) is 17.5 Å². The van der Waals surface area contributed by atoms with E-state index in [2.05, 4.69) is 33.9 Å². The number of allylic oxidation sites excluding steroid dienone is 2. The van der Waals surface area contributed by atoms with Crippen molar-refractivity contribution in [2.75, 3.05) is 13.5 Å². The molecule has 1 fully saturated rings. The van der Waals surface area contributed by atoms with Crippen LogP contribution < -0.4 is 16.4 Å². The van der Waals surface area contributed by atoms with Gasteiger partial charge < -0.3 is 20.5 Å². The molecule has 1 aromatic carbocycles. The van der Waals surface area contributed by atoms with E-state index in [-0.39, 0.29) is 24.0 Å². The first-order chi connectivity index (χ1) is 21.0. The molecule has 0 aromatic heterocycles. The number of hydrogen-bond donors (Lipinski definition) is 3. The van der Waals surface area contributed by atoms with Gasteiger partial charge in [0.25, 0.3) is 0 Å². The van der Waals surface area contributed by atoms with Gasteiger partial charge in [0.15, 0.2) is 0 Å². The number of carbonyl (C=O) groups is 3. The topological polar surface area (TPSA) is 148 Å². The minimum absolute atomic E-state index is 0.111. The van der Waals surface area contributed by atoms with Gasteiger partial charge in [-0.25, -0.2) is 9.80 Å². The van der Waals surface area contributed by atoms with E-state index in [0.717, 1.165) is 51.4 Å². The molecule has 41 heavy (non-hydrogen) atoms. The van der Waals surface area contributed by atoms with Crippen LogP contribution in [0.3, 0.4) is 0 Å². The van der Waals surface area contributed by atoms with Gasteiger partial charge in [-0.05, 0) is 63.4 Å². The Bertz CT molecular complexity index is 1170. The Hall–Kier alpha value is -4.15. The van der Waals surface area contributed by atoms with Gasteiger partial charge in [0.05, 0.1) is 0 Å². The summed E-state index contributed by atoms with van der Waals surface area (Å²) in [5.74, 6) is -2.24. The van der Waals surface area contributed by atoms with Gasteiger partial charge in [-0.2, -0.15) is 0 Å². The first-order valence-electron chi connectivity index (χ1n) is 15.4. The summed E-state index contributed by atoms with van der Waals surface area (Å²) in [4.78, 5) is 41.3. The maximum atomic E-state index is 12.8. The number of amides is 2. The highest BCUT2D eigenvalue weighted by Gasteiger charge is 2.40. The highest BCUT2D eigenvalue weighted by atomic mass is 16.6. The number of nitrogens with two attached hydrogens (primary N) is 1. The highest BCUT2D eigenvalue weighted by Crippen LogP contribution is 2.40. The second kappa shape index (κ2) is 18.2. The maximum Gasteiger partial charge on any atom is 0.437 e. The zero-order valence-electron chi connectivity index (χ0n) is 26.6. The number of carbonyl (C=O) groups excluding carboxylic acids is 3. The summed E-state index contributed by atoms with van der Waals surface area (Å²) >= 11 is 0. The SMILES string of the molecule is [2H]C([2H])([2H])N(N=C(NCC(=O)OC1(CCCC=C)CCC1)NC(=O)CCCCCC=C)C(N)=NC(=O)OCc1ccccc1. The molecule has 0 saturated heterocycles. The Labute approximate surface area is 247 Å². The van der Waals surface area contributed by atoms with Crippen molar-refractivity contribution < 1.29 is 28.0 Å². The smallest absolute Gasteiger partial charge is 0.437 e. The number of benzene rings is 1. The third kappa shape index (κ3) is 13.2. The molecule has 0 bridgehead atoms. The van der Waals surface area contributed by atoms with Crippen molar-refractivity contribution in [1.29, 1.82) is 0 Å². The number of guanidine groups is 2. The molecule has 1 saturated carbocycles. The van der Waals surface area contributed by atoms with E-state index in [4.69, 9.17) is 19.3 Å². The van der Waals surface area contributed by atoms with E-state index in [0.29, 0.717) is 18.4 Å². The van der Waals surface area contributed by atoms with E-state index in [1.54, 1.807) is 36.4 Å². The summed E-state index contributed by atoms with van der Waals surface area (Å²) in [6.45, 7) is 3.86. The maximum absolute atomic E-state index is 12.8. The van der Waals surface area contributed by atoms with E-state index in [1.165, 1.54) is 0 Å². The summed E-state index contributed by atoms with van der Waals surface area (Å²) in [5, 5.41) is 9.37.